The summed E-state index contributed by atoms with van der Waals surface area (Å²) in [6, 6.07) is 0. The van der Waals surface area contributed by atoms with E-state index in [1.165, 1.54) is 25.7 Å². The van der Waals surface area contributed by atoms with E-state index >= 15 is 0 Å². The summed E-state index contributed by atoms with van der Waals surface area (Å²) in [7, 11) is 3.68. The molecule has 0 rings (SSSR count). The molecule has 104 valence electrons. The predicted molar refractivity (Wildman–Crippen MR) is 70.5 cm³/mol. The molecule has 0 bridgehead atoms. The van der Waals surface area contributed by atoms with Gasteiger partial charge in [-0.15, -0.1) is 0 Å². The third-order valence-electron chi connectivity index (χ3n) is 2.47. The molecule has 0 spiro atoms. The number of rotatable bonds is 14. The van der Waals surface area contributed by atoms with E-state index in [0.29, 0.717) is 13.2 Å². The van der Waals surface area contributed by atoms with Gasteiger partial charge >= 0.3 is 0 Å². The van der Waals surface area contributed by atoms with Crippen LogP contribution in [0.2, 0.25) is 0 Å². The van der Waals surface area contributed by atoms with Gasteiger partial charge in [-0.3, -0.25) is 0 Å². The van der Waals surface area contributed by atoms with E-state index in [0.717, 1.165) is 32.8 Å². The largest absolute Gasteiger partial charge is 0.382 e. The summed E-state index contributed by atoms with van der Waals surface area (Å²) in [5.41, 5.74) is 0. The minimum atomic E-state index is 0.674. The van der Waals surface area contributed by atoms with Gasteiger partial charge in [-0.2, -0.15) is 0 Å². The van der Waals surface area contributed by atoms with Crippen LogP contribution in [0.1, 0.15) is 32.1 Å². The predicted octanol–water partition coefficient (Wildman–Crippen LogP) is 1.84. The minimum Gasteiger partial charge on any atom is -0.382 e. The fraction of sp³-hybridized carbons (Fsp3) is 1.00. The Balaban J connectivity index is 2.85. The summed E-state index contributed by atoms with van der Waals surface area (Å²) < 4.78 is 15.7. The van der Waals surface area contributed by atoms with Crippen molar-refractivity contribution < 1.29 is 14.2 Å². The van der Waals surface area contributed by atoms with Crippen LogP contribution in [0.3, 0.4) is 0 Å². The maximum Gasteiger partial charge on any atom is 0.0700 e. The summed E-state index contributed by atoms with van der Waals surface area (Å²) in [6.07, 6.45) is 5.98. The van der Waals surface area contributed by atoms with Gasteiger partial charge in [-0.05, 0) is 32.9 Å². The number of ether oxygens (including phenoxy) is 3. The Morgan fingerprint density at radius 2 is 1.35 bits per heavy atom. The molecule has 0 aliphatic rings. The highest BCUT2D eigenvalue weighted by atomic mass is 16.5. The van der Waals surface area contributed by atoms with E-state index in [1.54, 1.807) is 7.11 Å². The van der Waals surface area contributed by atoms with E-state index in [1.807, 2.05) is 7.05 Å². The van der Waals surface area contributed by atoms with Crippen LogP contribution in [0.15, 0.2) is 0 Å². The number of unbranched alkanes of at least 4 members (excludes halogenated alkanes) is 3. The first-order chi connectivity index (χ1) is 8.41. The van der Waals surface area contributed by atoms with E-state index in [2.05, 4.69) is 5.32 Å². The molecule has 0 aromatic rings. The average Bonchev–Trinajstić information content (AvgIpc) is 2.35. The first-order valence-electron chi connectivity index (χ1n) is 6.71. The van der Waals surface area contributed by atoms with Gasteiger partial charge in [0.05, 0.1) is 13.2 Å². The van der Waals surface area contributed by atoms with E-state index in [4.69, 9.17) is 14.2 Å². The Hall–Kier alpha value is -0.160. The normalized spacial score (nSPS) is 10.9. The lowest BCUT2D eigenvalue weighted by Crippen LogP contribution is -2.07. The third-order valence-corrected chi connectivity index (χ3v) is 2.47. The van der Waals surface area contributed by atoms with Gasteiger partial charge in [0.25, 0.3) is 0 Å². The van der Waals surface area contributed by atoms with Crippen LogP contribution in [0.4, 0.5) is 0 Å². The molecule has 0 aromatic heterocycles. The van der Waals surface area contributed by atoms with Gasteiger partial charge in [0.2, 0.25) is 0 Å². The monoisotopic (exact) mass is 247 g/mol. The third kappa shape index (κ3) is 15.8. The van der Waals surface area contributed by atoms with Crippen molar-refractivity contribution in [3.63, 3.8) is 0 Å². The van der Waals surface area contributed by atoms with Crippen LogP contribution in [0.5, 0.6) is 0 Å². The molecular formula is C13H29NO3. The summed E-state index contributed by atoms with van der Waals surface area (Å²) in [6.45, 7) is 4.95. The van der Waals surface area contributed by atoms with E-state index in [-0.39, 0.29) is 0 Å². The van der Waals surface area contributed by atoms with Crippen LogP contribution < -0.4 is 5.32 Å². The molecule has 0 amide bonds. The number of hydrogen-bond acceptors (Lipinski definition) is 4. The van der Waals surface area contributed by atoms with Crippen molar-refractivity contribution in [2.24, 2.45) is 0 Å². The second-order valence-electron chi connectivity index (χ2n) is 4.09. The Labute approximate surface area is 106 Å². The van der Waals surface area contributed by atoms with Crippen molar-refractivity contribution in [2.45, 2.75) is 32.1 Å². The highest BCUT2D eigenvalue weighted by molar-refractivity contribution is 4.45. The van der Waals surface area contributed by atoms with Crippen LogP contribution in [0.25, 0.3) is 0 Å². The zero-order valence-electron chi connectivity index (χ0n) is 11.5. The fourth-order valence-corrected chi connectivity index (χ4v) is 1.47. The van der Waals surface area contributed by atoms with Crippen molar-refractivity contribution in [1.82, 2.24) is 5.32 Å². The summed E-state index contributed by atoms with van der Waals surface area (Å²) in [5.74, 6) is 0. The fourth-order valence-electron chi connectivity index (χ4n) is 1.47. The molecule has 0 aliphatic carbocycles. The SMILES string of the molecule is CNCCCCCCOCCCOCCOC. The summed E-state index contributed by atoms with van der Waals surface area (Å²) in [4.78, 5) is 0. The lowest BCUT2D eigenvalue weighted by molar-refractivity contribution is 0.0508. The summed E-state index contributed by atoms with van der Waals surface area (Å²) in [5, 5.41) is 3.15. The zero-order valence-corrected chi connectivity index (χ0v) is 11.5. The lowest BCUT2D eigenvalue weighted by Gasteiger charge is -2.05. The second kappa shape index (κ2) is 15.8. The quantitative estimate of drug-likeness (QED) is 0.475. The first kappa shape index (κ1) is 16.8. The first-order valence-corrected chi connectivity index (χ1v) is 6.71. The van der Waals surface area contributed by atoms with Crippen molar-refractivity contribution in [2.75, 3.05) is 53.7 Å². The van der Waals surface area contributed by atoms with Crippen molar-refractivity contribution in [3.8, 4) is 0 Å². The molecule has 4 heteroatoms. The molecule has 17 heavy (non-hydrogen) atoms. The van der Waals surface area contributed by atoms with Crippen molar-refractivity contribution in [1.29, 1.82) is 0 Å². The molecule has 0 heterocycles. The second-order valence-corrected chi connectivity index (χ2v) is 4.09. The van der Waals surface area contributed by atoms with Gasteiger partial charge < -0.3 is 19.5 Å². The van der Waals surface area contributed by atoms with Crippen LogP contribution in [-0.4, -0.2) is 53.7 Å². The van der Waals surface area contributed by atoms with Crippen molar-refractivity contribution >= 4 is 0 Å². The maximum atomic E-state index is 5.52. The molecule has 4 nitrogen and oxygen atoms in total. The molecule has 0 fully saturated rings. The molecule has 0 aromatic carbocycles. The Morgan fingerprint density at radius 1 is 0.706 bits per heavy atom. The van der Waals surface area contributed by atoms with Gasteiger partial charge in [0, 0.05) is 26.9 Å². The van der Waals surface area contributed by atoms with E-state index < -0.39 is 0 Å². The Kier molecular flexibility index (Phi) is 15.7. The standard InChI is InChI=1S/C13H29NO3/c1-14-8-5-3-4-6-9-16-10-7-11-17-13-12-15-2/h14H,3-13H2,1-2H3. The number of methoxy groups -OCH3 is 1. The highest BCUT2D eigenvalue weighted by Crippen LogP contribution is 1.99. The Bertz CT molecular complexity index is 120. The lowest BCUT2D eigenvalue weighted by atomic mass is 10.2. The number of hydrogen-bond donors (Lipinski definition) is 1. The molecule has 0 saturated heterocycles. The summed E-state index contributed by atoms with van der Waals surface area (Å²) >= 11 is 0. The molecule has 0 atom stereocenters. The van der Waals surface area contributed by atoms with Crippen molar-refractivity contribution in [3.05, 3.63) is 0 Å². The van der Waals surface area contributed by atoms with Crippen LogP contribution >= 0.6 is 0 Å². The van der Waals surface area contributed by atoms with Gasteiger partial charge in [-0.25, -0.2) is 0 Å². The molecule has 0 radical (unpaired) electrons. The Morgan fingerprint density at radius 3 is 2.06 bits per heavy atom. The highest BCUT2D eigenvalue weighted by Gasteiger charge is 1.92. The maximum absolute atomic E-state index is 5.52. The zero-order chi connectivity index (χ0) is 12.6. The smallest absolute Gasteiger partial charge is 0.0700 e. The minimum absolute atomic E-state index is 0.674. The molecule has 0 aliphatic heterocycles. The van der Waals surface area contributed by atoms with Gasteiger partial charge in [0.1, 0.15) is 0 Å². The average molecular weight is 247 g/mol. The van der Waals surface area contributed by atoms with Gasteiger partial charge in [0.15, 0.2) is 0 Å². The molecular weight excluding hydrogens is 218 g/mol. The van der Waals surface area contributed by atoms with Crippen LogP contribution in [-0.2, 0) is 14.2 Å². The molecule has 0 unspecified atom stereocenters. The molecule has 0 saturated carbocycles. The van der Waals surface area contributed by atoms with E-state index in [9.17, 15) is 0 Å². The topological polar surface area (TPSA) is 39.7 Å². The van der Waals surface area contributed by atoms with Gasteiger partial charge in [-0.1, -0.05) is 12.8 Å². The number of nitrogens with one attached hydrogen (secondary N) is 1. The van der Waals surface area contributed by atoms with Crippen LogP contribution in [0, 0.1) is 0 Å². The molecule has 1 N–H and O–H groups in total.